The topological polar surface area (TPSA) is 73.6 Å². The van der Waals surface area contributed by atoms with Gasteiger partial charge in [-0.1, -0.05) is 6.92 Å². The molecule has 0 aliphatic heterocycles. The molecule has 0 saturated carbocycles. The van der Waals surface area contributed by atoms with Crippen molar-refractivity contribution in [1.29, 1.82) is 5.26 Å². The average molecular weight is 219 g/mol. The summed E-state index contributed by atoms with van der Waals surface area (Å²) in [5, 5.41) is 14.7. The first-order valence-electron chi connectivity index (χ1n) is 5.45. The summed E-state index contributed by atoms with van der Waals surface area (Å²) >= 11 is 0. The highest BCUT2D eigenvalue weighted by atomic mass is 15.1. The van der Waals surface area contributed by atoms with Crippen molar-refractivity contribution in [2.24, 2.45) is 0 Å². The van der Waals surface area contributed by atoms with E-state index in [1.165, 1.54) is 6.33 Å². The molecule has 16 heavy (non-hydrogen) atoms. The molecular weight excluding hydrogens is 202 g/mol. The maximum absolute atomic E-state index is 8.41. The van der Waals surface area contributed by atoms with Crippen LogP contribution < -0.4 is 10.6 Å². The van der Waals surface area contributed by atoms with Gasteiger partial charge in [-0.2, -0.15) is 5.26 Å². The molecule has 0 radical (unpaired) electrons. The van der Waals surface area contributed by atoms with Crippen LogP contribution >= 0.6 is 0 Å². The molecule has 0 bridgehead atoms. The maximum Gasteiger partial charge on any atom is 0.131 e. The predicted octanol–water partition coefficient (Wildman–Crippen LogP) is 2.01. The van der Waals surface area contributed by atoms with Crippen molar-refractivity contribution < 1.29 is 0 Å². The van der Waals surface area contributed by atoms with Gasteiger partial charge in [0.1, 0.15) is 18.0 Å². The highest BCUT2D eigenvalue weighted by Crippen LogP contribution is 2.10. The smallest absolute Gasteiger partial charge is 0.131 e. The van der Waals surface area contributed by atoms with Crippen LogP contribution in [0.1, 0.15) is 26.7 Å². The van der Waals surface area contributed by atoms with Gasteiger partial charge in [0, 0.05) is 18.7 Å². The van der Waals surface area contributed by atoms with Gasteiger partial charge in [-0.15, -0.1) is 0 Å². The van der Waals surface area contributed by atoms with Crippen molar-refractivity contribution in [3.63, 3.8) is 0 Å². The number of hydrogen-bond donors (Lipinski definition) is 2. The molecule has 0 saturated heterocycles. The van der Waals surface area contributed by atoms with E-state index in [-0.39, 0.29) is 0 Å². The zero-order valence-corrected chi connectivity index (χ0v) is 9.70. The Balaban J connectivity index is 2.54. The summed E-state index contributed by atoms with van der Waals surface area (Å²) in [6, 6.07) is 4.31. The first-order chi connectivity index (χ1) is 7.76. The molecule has 0 spiro atoms. The van der Waals surface area contributed by atoms with E-state index in [9.17, 15) is 0 Å². The number of aromatic nitrogens is 2. The van der Waals surface area contributed by atoms with E-state index in [0.29, 0.717) is 19.0 Å². The van der Waals surface area contributed by atoms with Crippen LogP contribution in [0, 0.1) is 11.3 Å². The Morgan fingerprint density at radius 3 is 2.88 bits per heavy atom. The van der Waals surface area contributed by atoms with Gasteiger partial charge in [-0.3, -0.25) is 0 Å². The quantitative estimate of drug-likeness (QED) is 0.716. The van der Waals surface area contributed by atoms with Crippen molar-refractivity contribution >= 4 is 11.6 Å². The Bertz CT molecular complexity index is 358. The van der Waals surface area contributed by atoms with Gasteiger partial charge in [-0.05, 0) is 13.3 Å². The Labute approximate surface area is 95.9 Å². The first-order valence-corrected chi connectivity index (χ1v) is 5.45. The number of rotatable bonds is 6. The third-order valence-electron chi connectivity index (χ3n) is 2.22. The molecule has 1 heterocycles. The van der Waals surface area contributed by atoms with Crippen LogP contribution in [0.4, 0.5) is 11.6 Å². The summed E-state index contributed by atoms with van der Waals surface area (Å²) < 4.78 is 0. The summed E-state index contributed by atoms with van der Waals surface area (Å²) in [5.41, 5.74) is 0. The van der Waals surface area contributed by atoms with Gasteiger partial charge in [-0.25, -0.2) is 9.97 Å². The molecule has 0 fully saturated rings. The molecule has 1 unspecified atom stereocenters. The lowest BCUT2D eigenvalue weighted by Gasteiger charge is -2.12. The fourth-order valence-electron chi connectivity index (χ4n) is 1.13. The number of hydrogen-bond acceptors (Lipinski definition) is 5. The highest BCUT2D eigenvalue weighted by molar-refractivity contribution is 5.46. The lowest BCUT2D eigenvalue weighted by molar-refractivity contribution is 0.758. The van der Waals surface area contributed by atoms with Gasteiger partial charge in [0.25, 0.3) is 0 Å². The largest absolute Gasteiger partial charge is 0.369 e. The molecule has 1 atom stereocenters. The molecule has 5 heteroatoms. The molecule has 1 rings (SSSR count). The van der Waals surface area contributed by atoms with E-state index < -0.39 is 0 Å². The minimum absolute atomic E-state index is 0.391. The van der Waals surface area contributed by atoms with E-state index in [1.54, 1.807) is 0 Å². The second-order valence-electron chi connectivity index (χ2n) is 3.58. The maximum atomic E-state index is 8.41. The minimum Gasteiger partial charge on any atom is -0.369 e. The Kier molecular flexibility index (Phi) is 5.06. The van der Waals surface area contributed by atoms with Crippen LogP contribution in [-0.4, -0.2) is 22.6 Å². The van der Waals surface area contributed by atoms with Crippen LogP contribution in [0.15, 0.2) is 12.4 Å². The zero-order valence-electron chi connectivity index (χ0n) is 9.70. The normalized spacial score (nSPS) is 11.6. The SMILES string of the molecule is CCC(C)Nc1cc(NCCC#N)ncn1. The van der Waals surface area contributed by atoms with Crippen LogP contribution in [0.3, 0.4) is 0 Å². The Morgan fingerprint density at radius 1 is 1.44 bits per heavy atom. The molecule has 1 aromatic rings. The Morgan fingerprint density at radius 2 is 2.19 bits per heavy atom. The van der Waals surface area contributed by atoms with Gasteiger partial charge in [0.2, 0.25) is 0 Å². The summed E-state index contributed by atoms with van der Waals surface area (Å²) in [7, 11) is 0. The van der Waals surface area contributed by atoms with E-state index >= 15 is 0 Å². The van der Waals surface area contributed by atoms with E-state index in [4.69, 9.17) is 5.26 Å². The van der Waals surface area contributed by atoms with Crippen molar-refractivity contribution in [2.75, 3.05) is 17.2 Å². The molecule has 0 aliphatic rings. The third-order valence-corrected chi connectivity index (χ3v) is 2.22. The van der Waals surface area contributed by atoms with Crippen LogP contribution in [-0.2, 0) is 0 Å². The molecule has 86 valence electrons. The molecular formula is C11H17N5. The van der Waals surface area contributed by atoms with E-state index in [2.05, 4.69) is 40.5 Å². The second-order valence-corrected chi connectivity index (χ2v) is 3.58. The van der Waals surface area contributed by atoms with Gasteiger partial charge in [0.15, 0.2) is 0 Å². The number of nitrogens with zero attached hydrogens (tertiary/aromatic N) is 3. The molecule has 1 aromatic heterocycles. The molecule has 0 aromatic carbocycles. The zero-order chi connectivity index (χ0) is 11.8. The fourth-order valence-corrected chi connectivity index (χ4v) is 1.13. The standard InChI is InChI=1S/C11H17N5/c1-3-9(2)16-11-7-10(14-8-15-11)13-6-4-5-12/h7-9H,3-4,6H2,1-2H3,(H2,13,14,15,16). The van der Waals surface area contributed by atoms with Crippen molar-refractivity contribution in [3.05, 3.63) is 12.4 Å². The third kappa shape index (κ3) is 4.13. The van der Waals surface area contributed by atoms with Gasteiger partial charge in [0.05, 0.1) is 12.5 Å². The molecule has 2 N–H and O–H groups in total. The minimum atomic E-state index is 0.391. The predicted molar refractivity (Wildman–Crippen MR) is 64.1 cm³/mol. The van der Waals surface area contributed by atoms with Crippen molar-refractivity contribution in [3.8, 4) is 6.07 Å². The summed E-state index contributed by atoms with van der Waals surface area (Å²) in [6.45, 7) is 4.83. The van der Waals surface area contributed by atoms with Crippen LogP contribution in [0.2, 0.25) is 0 Å². The Hall–Kier alpha value is -1.83. The van der Waals surface area contributed by atoms with Gasteiger partial charge >= 0.3 is 0 Å². The fraction of sp³-hybridized carbons (Fsp3) is 0.545. The number of anilines is 2. The van der Waals surface area contributed by atoms with Gasteiger partial charge < -0.3 is 10.6 Å². The average Bonchev–Trinajstić information content (AvgIpc) is 2.30. The summed E-state index contributed by atoms with van der Waals surface area (Å²) in [4.78, 5) is 8.20. The molecule has 0 amide bonds. The van der Waals surface area contributed by atoms with Crippen molar-refractivity contribution in [1.82, 2.24) is 9.97 Å². The molecule has 5 nitrogen and oxygen atoms in total. The lowest BCUT2D eigenvalue weighted by atomic mass is 10.2. The first kappa shape index (κ1) is 12.2. The lowest BCUT2D eigenvalue weighted by Crippen LogP contribution is -2.15. The van der Waals surface area contributed by atoms with E-state index in [1.807, 2.05) is 6.07 Å². The highest BCUT2D eigenvalue weighted by Gasteiger charge is 2.01. The second kappa shape index (κ2) is 6.62. The van der Waals surface area contributed by atoms with E-state index in [0.717, 1.165) is 18.1 Å². The van der Waals surface area contributed by atoms with Crippen LogP contribution in [0.25, 0.3) is 0 Å². The summed E-state index contributed by atoms with van der Waals surface area (Å²) in [5.74, 6) is 1.56. The van der Waals surface area contributed by atoms with Crippen LogP contribution in [0.5, 0.6) is 0 Å². The number of nitriles is 1. The summed E-state index contributed by atoms with van der Waals surface area (Å²) in [6.07, 6.45) is 3.03. The molecule has 0 aliphatic carbocycles. The van der Waals surface area contributed by atoms with Crippen molar-refractivity contribution in [2.45, 2.75) is 32.7 Å². The number of nitrogens with one attached hydrogen (secondary N) is 2. The monoisotopic (exact) mass is 219 g/mol.